The smallest absolute Gasteiger partial charge is 0.0121 e. The topological polar surface area (TPSA) is 12.0 Å². The molecule has 0 radical (unpaired) electrons. The first-order valence-corrected chi connectivity index (χ1v) is 7.24. The van der Waals surface area contributed by atoms with Crippen LogP contribution in [0.25, 0.3) is 0 Å². The van der Waals surface area contributed by atoms with Gasteiger partial charge in [-0.3, -0.25) is 0 Å². The molecule has 0 aromatic carbocycles. The Labute approximate surface area is 101 Å². The lowest BCUT2D eigenvalue weighted by molar-refractivity contribution is 0.189. The fourth-order valence-corrected chi connectivity index (χ4v) is 3.86. The summed E-state index contributed by atoms with van der Waals surface area (Å²) in [5, 5.41) is 3.97. The summed E-state index contributed by atoms with van der Waals surface area (Å²) in [4.78, 5) is 0. The number of rotatable bonds is 2. The van der Waals surface area contributed by atoms with Crippen LogP contribution in [0.2, 0.25) is 0 Å². The molecule has 2 aliphatic rings. The average Bonchev–Trinajstić information content (AvgIpc) is 2.52. The summed E-state index contributed by atoms with van der Waals surface area (Å²) in [7, 11) is 0. The van der Waals surface area contributed by atoms with Crippen molar-refractivity contribution in [1.82, 2.24) is 5.32 Å². The minimum absolute atomic E-state index is 0.582. The zero-order valence-corrected chi connectivity index (χ0v) is 11.6. The molecule has 1 heteroatoms. The monoisotopic (exact) mass is 223 g/mol. The van der Waals surface area contributed by atoms with Gasteiger partial charge in [0.1, 0.15) is 0 Å². The van der Waals surface area contributed by atoms with Crippen molar-refractivity contribution >= 4 is 0 Å². The highest BCUT2D eigenvalue weighted by Crippen LogP contribution is 2.38. The lowest BCUT2D eigenvalue weighted by atomic mass is 9.78. The quantitative estimate of drug-likeness (QED) is 0.746. The Hall–Kier alpha value is -0.0400. The van der Waals surface area contributed by atoms with Crippen LogP contribution in [-0.2, 0) is 0 Å². The summed E-state index contributed by atoms with van der Waals surface area (Å²) in [6.45, 7) is 9.71. The van der Waals surface area contributed by atoms with Gasteiger partial charge >= 0.3 is 0 Å². The van der Waals surface area contributed by atoms with Crippen LogP contribution in [-0.4, -0.2) is 12.1 Å². The van der Waals surface area contributed by atoms with E-state index in [1.54, 1.807) is 0 Å². The van der Waals surface area contributed by atoms with E-state index < -0.39 is 0 Å². The summed E-state index contributed by atoms with van der Waals surface area (Å²) in [6, 6.07) is 1.58. The van der Waals surface area contributed by atoms with Crippen LogP contribution in [0.15, 0.2) is 0 Å². The van der Waals surface area contributed by atoms with Crippen molar-refractivity contribution in [2.24, 2.45) is 17.3 Å². The Morgan fingerprint density at radius 2 is 1.62 bits per heavy atom. The average molecular weight is 223 g/mol. The molecule has 0 aromatic rings. The van der Waals surface area contributed by atoms with E-state index in [9.17, 15) is 0 Å². The maximum atomic E-state index is 3.97. The third-order valence-electron chi connectivity index (χ3n) is 4.94. The predicted octanol–water partition coefficient (Wildman–Crippen LogP) is 3.98. The molecule has 0 bridgehead atoms. The van der Waals surface area contributed by atoms with Crippen LogP contribution >= 0.6 is 0 Å². The fourth-order valence-electron chi connectivity index (χ4n) is 3.86. The normalized spacial score (nSPS) is 43.5. The summed E-state index contributed by atoms with van der Waals surface area (Å²) < 4.78 is 0. The highest BCUT2D eigenvalue weighted by molar-refractivity contribution is 4.91. The van der Waals surface area contributed by atoms with Gasteiger partial charge in [0.2, 0.25) is 0 Å². The lowest BCUT2D eigenvalue weighted by Crippen LogP contribution is -2.47. The Morgan fingerprint density at radius 3 is 2.12 bits per heavy atom. The van der Waals surface area contributed by atoms with E-state index in [1.807, 2.05) is 0 Å². The number of hydrogen-bond acceptors (Lipinski definition) is 1. The van der Waals surface area contributed by atoms with Gasteiger partial charge in [-0.15, -0.1) is 0 Å². The van der Waals surface area contributed by atoms with E-state index in [2.05, 4.69) is 33.0 Å². The molecule has 94 valence electrons. The van der Waals surface area contributed by atoms with Gasteiger partial charge in [-0.1, -0.05) is 34.1 Å². The third kappa shape index (κ3) is 2.80. The fraction of sp³-hybridized carbons (Fsp3) is 1.00. The molecule has 3 unspecified atom stereocenters. The van der Waals surface area contributed by atoms with E-state index in [0.29, 0.717) is 5.41 Å². The van der Waals surface area contributed by atoms with Gasteiger partial charge in [-0.2, -0.15) is 0 Å². The molecule has 2 saturated carbocycles. The van der Waals surface area contributed by atoms with Gasteiger partial charge in [0.05, 0.1) is 0 Å². The van der Waals surface area contributed by atoms with Gasteiger partial charge in [0, 0.05) is 12.1 Å². The van der Waals surface area contributed by atoms with Crippen molar-refractivity contribution in [1.29, 1.82) is 0 Å². The summed E-state index contributed by atoms with van der Waals surface area (Å²) in [5.74, 6) is 1.76. The van der Waals surface area contributed by atoms with Gasteiger partial charge in [0.15, 0.2) is 0 Å². The molecule has 3 atom stereocenters. The highest BCUT2D eigenvalue weighted by Gasteiger charge is 2.35. The van der Waals surface area contributed by atoms with E-state index in [-0.39, 0.29) is 0 Å². The van der Waals surface area contributed by atoms with Crippen LogP contribution in [0.5, 0.6) is 0 Å². The minimum atomic E-state index is 0.582. The molecule has 0 heterocycles. The van der Waals surface area contributed by atoms with Crippen LogP contribution in [0.1, 0.15) is 66.2 Å². The van der Waals surface area contributed by atoms with E-state index in [4.69, 9.17) is 0 Å². The Kier molecular flexibility index (Phi) is 3.63. The molecular formula is C15H29N. The molecule has 1 nitrogen and oxygen atoms in total. The van der Waals surface area contributed by atoms with E-state index >= 15 is 0 Å². The van der Waals surface area contributed by atoms with Gasteiger partial charge in [-0.25, -0.2) is 0 Å². The van der Waals surface area contributed by atoms with Crippen LogP contribution in [0.3, 0.4) is 0 Å². The van der Waals surface area contributed by atoms with Crippen molar-refractivity contribution in [3.63, 3.8) is 0 Å². The Balaban J connectivity index is 1.88. The van der Waals surface area contributed by atoms with Gasteiger partial charge in [0.25, 0.3) is 0 Å². The zero-order valence-electron chi connectivity index (χ0n) is 11.6. The number of nitrogens with one attached hydrogen (secondary N) is 1. The lowest BCUT2D eigenvalue weighted by Gasteiger charge is -2.37. The first kappa shape index (κ1) is 12.4. The van der Waals surface area contributed by atoms with Crippen molar-refractivity contribution in [3.05, 3.63) is 0 Å². The van der Waals surface area contributed by atoms with Gasteiger partial charge in [-0.05, 0) is 49.4 Å². The second-order valence-corrected chi connectivity index (χ2v) is 7.18. The second kappa shape index (κ2) is 4.68. The minimum Gasteiger partial charge on any atom is -0.311 e. The molecule has 0 aromatic heterocycles. The van der Waals surface area contributed by atoms with Crippen molar-refractivity contribution in [2.75, 3.05) is 0 Å². The molecule has 2 rings (SSSR count). The SMILES string of the molecule is CC1CCCC(C)C1NC1CCC(C)(C)C1. The molecule has 1 N–H and O–H groups in total. The molecule has 2 fully saturated rings. The molecule has 16 heavy (non-hydrogen) atoms. The number of hydrogen-bond donors (Lipinski definition) is 1. The summed E-state index contributed by atoms with van der Waals surface area (Å²) >= 11 is 0. The summed E-state index contributed by atoms with van der Waals surface area (Å²) in [5.41, 5.74) is 0.582. The zero-order chi connectivity index (χ0) is 11.8. The molecule has 0 saturated heterocycles. The first-order valence-electron chi connectivity index (χ1n) is 7.24. The Morgan fingerprint density at radius 1 is 1.00 bits per heavy atom. The summed E-state index contributed by atoms with van der Waals surface area (Å²) in [6.07, 6.45) is 8.47. The molecule has 0 amide bonds. The third-order valence-corrected chi connectivity index (χ3v) is 4.94. The second-order valence-electron chi connectivity index (χ2n) is 7.18. The maximum absolute atomic E-state index is 3.97. The van der Waals surface area contributed by atoms with Crippen LogP contribution < -0.4 is 5.32 Å². The van der Waals surface area contributed by atoms with Crippen molar-refractivity contribution in [3.8, 4) is 0 Å². The van der Waals surface area contributed by atoms with Crippen LogP contribution in [0.4, 0.5) is 0 Å². The van der Waals surface area contributed by atoms with E-state index in [1.165, 1.54) is 38.5 Å². The standard InChI is InChI=1S/C15H29N/c1-11-6-5-7-12(2)14(11)16-13-8-9-15(3,4)10-13/h11-14,16H,5-10H2,1-4H3. The predicted molar refractivity (Wildman–Crippen MR) is 70.5 cm³/mol. The van der Waals surface area contributed by atoms with E-state index in [0.717, 1.165) is 23.9 Å². The highest BCUT2D eigenvalue weighted by atomic mass is 15.0. The van der Waals surface area contributed by atoms with Crippen LogP contribution in [0, 0.1) is 17.3 Å². The molecule has 2 aliphatic carbocycles. The molecular weight excluding hydrogens is 194 g/mol. The first-order chi connectivity index (χ1) is 7.48. The Bertz CT molecular complexity index is 224. The maximum Gasteiger partial charge on any atom is 0.0121 e. The molecule has 0 spiro atoms. The molecule has 0 aliphatic heterocycles. The van der Waals surface area contributed by atoms with Crippen molar-refractivity contribution in [2.45, 2.75) is 78.3 Å². The van der Waals surface area contributed by atoms with Gasteiger partial charge < -0.3 is 5.32 Å². The largest absolute Gasteiger partial charge is 0.311 e. The van der Waals surface area contributed by atoms with Crippen molar-refractivity contribution < 1.29 is 0 Å².